The lowest BCUT2D eigenvalue weighted by Gasteiger charge is -2.17. The maximum atomic E-state index is 11.6. The van der Waals surface area contributed by atoms with Gasteiger partial charge in [-0.15, -0.1) is 0 Å². The number of aryl methyl sites for hydroxylation is 1. The number of anilines is 1. The molecule has 0 amide bonds. The molecule has 0 saturated carbocycles. The summed E-state index contributed by atoms with van der Waals surface area (Å²) < 4.78 is 4.79. The topological polar surface area (TPSA) is 38.3 Å². The lowest BCUT2D eigenvalue weighted by Crippen LogP contribution is -2.31. The van der Waals surface area contributed by atoms with E-state index in [1.54, 1.807) is 11.8 Å². The number of ether oxygens (including phenoxy) is 1. The molecule has 0 radical (unpaired) electrons. The zero-order valence-electron chi connectivity index (χ0n) is 10.5. The lowest BCUT2D eigenvalue weighted by atomic mass is 10.2. The first-order valence-electron chi connectivity index (χ1n) is 5.57. The van der Waals surface area contributed by atoms with Crippen LogP contribution in [0.2, 0.25) is 0 Å². The van der Waals surface area contributed by atoms with Crippen LogP contribution in [-0.4, -0.2) is 31.1 Å². The molecule has 0 bridgehead atoms. The van der Waals surface area contributed by atoms with E-state index in [1.165, 1.54) is 12.7 Å². The van der Waals surface area contributed by atoms with Crippen LogP contribution >= 0.6 is 11.8 Å². The van der Waals surface area contributed by atoms with E-state index >= 15 is 0 Å². The van der Waals surface area contributed by atoms with Gasteiger partial charge in [0.15, 0.2) is 0 Å². The van der Waals surface area contributed by atoms with Gasteiger partial charge in [0.1, 0.15) is 6.04 Å². The van der Waals surface area contributed by atoms with Crippen molar-refractivity contribution in [2.24, 2.45) is 0 Å². The average Bonchev–Trinajstić information content (AvgIpc) is 2.36. The fourth-order valence-corrected chi connectivity index (χ4v) is 1.95. The Morgan fingerprint density at radius 2 is 2.06 bits per heavy atom. The first kappa shape index (κ1) is 13.9. The highest BCUT2D eigenvalue weighted by atomic mass is 32.2. The number of hydrogen-bond acceptors (Lipinski definition) is 4. The Morgan fingerprint density at radius 3 is 2.59 bits per heavy atom. The third kappa shape index (κ3) is 4.69. The van der Waals surface area contributed by atoms with Crippen LogP contribution in [0.3, 0.4) is 0 Å². The van der Waals surface area contributed by atoms with E-state index in [9.17, 15) is 4.79 Å². The second-order valence-electron chi connectivity index (χ2n) is 3.87. The van der Waals surface area contributed by atoms with Crippen LogP contribution in [-0.2, 0) is 9.53 Å². The molecular formula is C13H19NO2S. The summed E-state index contributed by atoms with van der Waals surface area (Å²) in [6, 6.07) is 7.72. The van der Waals surface area contributed by atoms with Gasteiger partial charge in [0.05, 0.1) is 7.11 Å². The molecule has 0 saturated heterocycles. The summed E-state index contributed by atoms with van der Waals surface area (Å²) in [5.41, 5.74) is 2.15. The molecule has 1 aromatic carbocycles. The monoisotopic (exact) mass is 253 g/mol. The van der Waals surface area contributed by atoms with E-state index in [1.807, 2.05) is 37.4 Å². The van der Waals surface area contributed by atoms with Crippen molar-refractivity contribution in [2.45, 2.75) is 19.4 Å². The number of esters is 1. The van der Waals surface area contributed by atoms with Gasteiger partial charge < -0.3 is 10.1 Å². The summed E-state index contributed by atoms with van der Waals surface area (Å²) in [5, 5.41) is 3.20. The normalized spacial score (nSPS) is 11.9. The predicted molar refractivity (Wildman–Crippen MR) is 73.6 cm³/mol. The molecule has 3 nitrogen and oxygen atoms in total. The zero-order chi connectivity index (χ0) is 12.7. The Balaban J connectivity index is 2.64. The molecule has 0 spiro atoms. The van der Waals surface area contributed by atoms with Crippen LogP contribution in [0, 0.1) is 6.92 Å². The standard InChI is InChI=1S/C13H19NO2S/c1-10-4-6-11(7-5-10)14-12(8-9-17-3)13(15)16-2/h4-7,12,14H,8-9H2,1-3H3/t12-/m0/s1. The SMILES string of the molecule is COC(=O)[C@H](CCSC)Nc1ccc(C)cc1. The molecule has 0 aromatic heterocycles. The second-order valence-corrected chi connectivity index (χ2v) is 4.85. The number of thioether (sulfide) groups is 1. The third-order valence-corrected chi connectivity index (χ3v) is 3.13. The van der Waals surface area contributed by atoms with Crippen molar-refractivity contribution in [1.29, 1.82) is 0 Å². The summed E-state index contributed by atoms with van der Waals surface area (Å²) in [6.07, 6.45) is 2.79. The van der Waals surface area contributed by atoms with Gasteiger partial charge in [-0.3, -0.25) is 0 Å². The molecule has 1 N–H and O–H groups in total. The van der Waals surface area contributed by atoms with E-state index in [-0.39, 0.29) is 12.0 Å². The van der Waals surface area contributed by atoms with Gasteiger partial charge in [-0.1, -0.05) is 17.7 Å². The predicted octanol–water partition coefficient (Wildman–Crippen LogP) is 2.70. The number of carbonyl (C=O) groups is 1. The maximum Gasteiger partial charge on any atom is 0.328 e. The van der Waals surface area contributed by atoms with E-state index in [4.69, 9.17) is 4.74 Å². The lowest BCUT2D eigenvalue weighted by molar-refractivity contribution is -0.141. The van der Waals surface area contributed by atoms with Gasteiger partial charge in [0, 0.05) is 5.69 Å². The number of rotatable bonds is 6. The Bertz CT molecular complexity index is 351. The summed E-state index contributed by atoms with van der Waals surface area (Å²) in [6.45, 7) is 2.04. The average molecular weight is 253 g/mol. The molecule has 0 fully saturated rings. The van der Waals surface area contributed by atoms with Gasteiger partial charge >= 0.3 is 5.97 Å². The molecule has 1 atom stereocenters. The van der Waals surface area contributed by atoms with Crippen LogP contribution in [0.5, 0.6) is 0 Å². The summed E-state index contributed by atoms with van der Waals surface area (Å²) in [5.74, 6) is 0.721. The van der Waals surface area contributed by atoms with E-state index in [2.05, 4.69) is 5.32 Å². The maximum absolute atomic E-state index is 11.6. The molecule has 4 heteroatoms. The number of nitrogens with one attached hydrogen (secondary N) is 1. The Morgan fingerprint density at radius 1 is 1.41 bits per heavy atom. The highest BCUT2D eigenvalue weighted by molar-refractivity contribution is 7.98. The van der Waals surface area contributed by atoms with Crippen molar-refractivity contribution in [3.63, 3.8) is 0 Å². The van der Waals surface area contributed by atoms with Crippen molar-refractivity contribution in [3.05, 3.63) is 29.8 Å². The summed E-state index contributed by atoms with van der Waals surface area (Å²) in [7, 11) is 1.42. The zero-order valence-corrected chi connectivity index (χ0v) is 11.3. The van der Waals surface area contributed by atoms with Crippen LogP contribution < -0.4 is 5.32 Å². The molecule has 0 aliphatic rings. The molecule has 0 unspecified atom stereocenters. The van der Waals surface area contributed by atoms with E-state index in [0.29, 0.717) is 0 Å². The van der Waals surface area contributed by atoms with Crippen molar-refractivity contribution in [3.8, 4) is 0 Å². The first-order valence-corrected chi connectivity index (χ1v) is 6.96. The van der Waals surface area contributed by atoms with Crippen LogP contribution in [0.1, 0.15) is 12.0 Å². The molecule has 94 valence electrons. The van der Waals surface area contributed by atoms with Gasteiger partial charge in [-0.05, 0) is 37.5 Å². The third-order valence-electron chi connectivity index (χ3n) is 2.49. The minimum absolute atomic E-state index is 0.209. The smallest absolute Gasteiger partial charge is 0.328 e. The number of methoxy groups -OCH3 is 1. The molecule has 1 rings (SSSR count). The summed E-state index contributed by atoms with van der Waals surface area (Å²) in [4.78, 5) is 11.6. The number of carbonyl (C=O) groups excluding carboxylic acids is 1. The number of hydrogen-bond donors (Lipinski definition) is 1. The Kier molecular flexibility index (Phi) is 5.91. The highest BCUT2D eigenvalue weighted by Crippen LogP contribution is 2.13. The highest BCUT2D eigenvalue weighted by Gasteiger charge is 2.18. The quantitative estimate of drug-likeness (QED) is 0.791. The number of benzene rings is 1. The van der Waals surface area contributed by atoms with Gasteiger partial charge in [-0.2, -0.15) is 11.8 Å². The van der Waals surface area contributed by atoms with Gasteiger partial charge in [0.2, 0.25) is 0 Å². The molecule has 1 aromatic rings. The Hall–Kier alpha value is -1.16. The minimum atomic E-state index is -0.268. The molecule has 0 heterocycles. The van der Waals surface area contributed by atoms with Crippen molar-refractivity contribution in [1.82, 2.24) is 0 Å². The molecule has 0 aliphatic heterocycles. The molecule has 0 aliphatic carbocycles. The van der Waals surface area contributed by atoms with Crippen molar-refractivity contribution >= 4 is 23.4 Å². The van der Waals surface area contributed by atoms with Gasteiger partial charge in [-0.25, -0.2) is 4.79 Å². The van der Waals surface area contributed by atoms with E-state index < -0.39 is 0 Å². The Labute approximate surface area is 107 Å². The van der Waals surface area contributed by atoms with Crippen molar-refractivity contribution < 1.29 is 9.53 Å². The largest absolute Gasteiger partial charge is 0.467 e. The fraction of sp³-hybridized carbons (Fsp3) is 0.462. The van der Waals surface area contributed by atoms with Gasteiger partial charge in [0.25, 0.3) is 0 Å². The minimum Gasteiger partial charge on any atom is -0.467 e. The fourth-order valence-electron chi connectivity index (χ4n) is 1.48. The first-order chi connectivity index (χ1) is 8.17. The van der Waals surface area contributed by atoms with Crippen LogP contribution in [0.25, 0.3) is 0 Å². The molecular weight excluding hydrogens is 234 g/mol. The summed E-state index contributed by atoms with van der Waals surface area (Å²) >= 11 is 1.72. The molecule has 17 heavy (non-hydrogen) atoms. The van der Waals surface area contributed by atoms with E-state index in [0.717, 1.165) is 17.9 Å². The van der Waals surface area contributed by atoms with Crippen LogP contribution in [0.15, 0.2) is 24.3 Å². The second kappa shape index (κ2) is 7.22. The van der Waals surface area contributed by atoms with Crippen molar-refractivity contribution in [2.75, 3.05) is 24.4 Å². The van der Waals surface area contributed by atoms with Crippen LogP contribution in [0.4, 0.5) is 5.69 Å².